The van der Waals surface area contributed by atoms with Gasteiger partial charge in [0, 0.05) is 19.6 Å². The Labute approximate surface area is 106 Å². The molecule has 96 valence electrons. The zero-order chi connectivity index (χ0) is 13.1. The first-order valence-corrected chi connectivity index (χ1v) is 5.66. The molecule has 1 rings (SSSR count). The molecule has 0 saturated heterocycles. The number of hydrogen-bond acceptors (Lipinski definition) is 3. The first-order chi connectivity index (χ1) is 7.85. The van der Waals surface area contributed by atoms with Crippen LogP contribution in [0.15, 0.2) is 12.1 Å². The summed E-state index contributed by atoms with van der Waals surface area (Å²) >= 11 is 5.88. The van der Waals surface area contributed by atoms with Crippen molar-refractivity contribution in [3.05, 3.63) is 23.0 Å². The number of ether oxygens (including phenoxy) is 2. The predicted molar refractivity (Wildman–Crippen MR) is 67.0 cm³/mol. The van der Waals surface area contributed by atoms with Crippen LogP contribution >= 0.6 is 11.6 Å². The van der Waals surface area contributed by atoms with E-state index in [1.165, 1.54) is 12.1 Å². The lowest BCUT2D eigenvalue weighted by Crippen LogP contribution is -2.25. The summed E-state index contributed by atoms with van der Waals surface area (Å²) in [6, 6.07) is 2.53. The molecule has 0 heterocycles. The van der Waals surface area contributed by atoms with E-state index in [-0.39, 0.29) is 11.3 Å². The molecule has 1 aromatic rings. The summed E-state index contributed by atoms with van der Waals surface area (Å²) in [7, 11) is 1.63. The van der Waals surface area contributed by atoms with Crippen molar-refractivity contribution in [2.45, 2.75) is 25.9 Å². The summed E-state index contributed by atoms with van der Waals surface area (Å²) < 4.78 is 23.8. The van der Waals surface area contributed by atoms with E-state index in [2.05, 4.69) is 0 Å². The van der Waals surface area contributed by atoms with Gasteiger partial charge in [-0.25, -0.2) is 4.39 Å². The maximum atomic E-state index is 13.2. The second kappa shape index (κ2) is 5.56. The molecule has 0 atom stereocenters. The molecule has 0 radical (unpaired) electrons. The van der Waals surface area contributed by atoms with E-state index in [4.69, 9.17) is 26.8 Å². The normalized spacial score (nSPS) is 11.6. The summed E-state index contributed by atoms with van der Waals surface area (Å²) in [6.07, 6.45) is 0.672. The number of nitrogen functional groups attached to an aromatic ring is 1. The fourth-order valence-corrected chi connectivity index (χ4v) is 1.39. The number of benzene rings is 1. The lowest BCUT2D eigenvalue weighted by atomic mass is 10.1. The molecular weight excluding hydrogens is 245 g/mol. The van der Waals surface area contributed by atoms with E-state index in [0.717, 1.165) is 0 Å². The minimum Gasteiger partial charge on any atom is -0.492 e. The van der Waals surface area contributed by atoms with Gasteiger partial charge in [0.1, 0.15) is 11.6 Å². The summed E-state index contributed by atoms with van der Waals surface area (Å²) in [5.74, 6) is -0.235. The molecule has 1 aromatic carbocycles. The Morgan fingerprint density at radius 2 is 2.06 bits per heavy atom. The lowest BCUT2D eigenvalue weighted by Gasteiger charge is -2.22. The van der Waals surface area contributed by atoms with Crippen LogP contribution < -0.4 is 10.5 Å². The molecule has 3 nitrogen and oxygen atoms in total. The highest BCUT2D eigenvalue weighted by Crippen LogP contribution is 2.29. The molecule has 0 spiro atoms. The fraction of sp³-hybridized carbons (Fsp3) is 0.500. The largest absolute Gasteiger partial charge is 0.492 e. The highest BCUT2D eigenvalue weighted by molar-refractivity contribution is 6.32. The van der Waals surface area contributed by atoms with Gasteiger partial charge in [0.05, 0.1) is 22.9 Å². The Balaban J connectivity index is 2.61. The molecule has 0 fully saturated rings. The number of methoxy groups -OCH3 is 1. The van der Waals surface area contributed by atoms with Gasteiger partial charge in [0.2, 0.25) is 0 Å². The highest BCUT2D eigenvalue weighted by Gasteiger charge is 2.16. The maximum absolute atomic E-state index is 13.2. The smallest absolute Gasteiger partial charge is 0.149 e. The van der Waals surface area contributed by atoms with Gasteiger partial charge in [0.15, 0.2) is 0 Å². The van der Waals surface area contributed by atoms with Crippen LogP contribution in [-0.4, -0.2) is 19.3 Å². The van der Waals surface area contributed by atoms with Crippen molar-refractivity contribution in [3.63, 3.8) is 0 Å². The number of nitrogens with two attached hydrogens (primary N) is 1. The Hall–Kier alpha value is -1.00. The van der Waals surface area contributed by atoms with Gasteiger partial charge in [-0.05, 0) is 19.9 Å². The second-order valence-corrected chi connectivity index (χ2v) is 4.77. The van der Waals surface area contributed by atoms with E-state index >= 15 is 0 Å². The van der Waals surface area contributed by atoms with Gasteiger partial charge in [-0.1, -0.05) is 11.6 Å². The molecule has 0 saturated carbocycles. The van der Waals surface area contributed by atoms with E-state index < -0.39 is 5.82 Å². The summed E-state index contributed by atoms with van der Waals surface area (Å²) in [5.41, 5.74) is 5.11. The van der Waals surface area contributed by atoms with E-state index in [1.54, 1.807) is 7.11 Å². The SMILES string of the molecule is COC(C)(C)CCOc1cc(F)c(N)cc1Cl. The summed E-state index contributed by atoms with van der Waals surface area (Å²) in [5, 5.41) is 0.305. The van der Waals surface area contributed by atoms with Crippen molar-refractivity contribution in [2.75, 3.05) is 19.5 Å². The third-order valence-electron chi connectivity index (χ3n) is 2.57. The molecule has 0 bridgehead atoms. The van der Waals surface area contributed by atoms with Crippen LogP contribution in [0.4, 0.5) is 10.1 Å². The van der Waals surface area contributed by atoms with Gasteiger partial charge >= 0.3 is 0 Å². The number of hydrogen-bond donors (Lipinski definition) is 1. The molecule has 0 amide bonds. The molecule has 5 heteroatoms. The van der Waals surface area contributed by atoms with Crippen LogP contribution in [0, 0.1) is 5.82 Å². The van der Waals surface area contributed by atoms with Crippen LogP contribution in [0.5, 0.6) is 5.75 Å². The lowest BCUT2D eigenvalue weighted by molar-refractivity contribution is 0.00544. The number of rotatable bonds is 5. The molecule has 2 N–H and O–H groups in total. The quantitative estimate of drug-likeness (QED) is 0.828. The van der Waals surface area contributed by atoms with Crippen molar-refractivity contribution < 1.29 is 13.9 Å². The zero-order valence-corrected chi connectivity index (χ0v) is 11.0. The number of anilines is 1. The van der Waals surface area contributed by atoms with E-state index in [0.29, 0.717) is 23.8 Å². The van der Waals surface area contributed by atoms with Gasteiger partial charge in [-0.2, -0.15) is 0 Å². The maximum Gasteiger partial charge on any atom is 0.149 e. The Morgan fingerprint density at radius 3 is 2.65 bits per heavy atom. The van der Waals surface area contributed by atoms with Gasteiger partial charge in [0.25, 0.3) is 0 Å². The monoisotopic (exact) mass is 261 g/mol. The van der Waals surface area contributed by atoms with Crippen LogP contribution in [0.25, 0.3) is 0 Å². The molecule has 0 aromatic heterocycles. The zero-order valence-electron chi connectivity index (χ0n) is 10.2. The first kappa shape index (κ1) is 14.1. The molecule has 17 heavy (non-hydrogen) atoms. The number of halogens is 2. The Kier molecular flexibility index (Phi) is 4.60. The average molecular weight is 262 g/mol. The van der Waals surface area contributed by atoms with E-state index in [1.807, 2.05) is 13.8 Å². The van der Waals surface area contributed by atoms with Gasteiger partial charge < -0.3 is 15.2 Å². The van der Waals surface area contributed by atoms with E-state index in [9.17, 15) is 4.39 Å². The van der Waals surface area contributed by atoms with Crippen molar-refractivity contribution >= 4 is 17.3 Å². The topological polar surface area (TPSA) is 44.5 Å². The van der Waals surface area contributed by atoms with Crippen LogP contribution in [0.3, 0.4) is 0 Å². The van der Waals surface area contributed by atoms with Gasteiger partial charge in [-0.3, -0.25) is 0 Å². The minimum absolute atomic E-state index is 0.0135. The summed E-state index contributed by atoms with van der Waals surface area (Å²) in [4.78, 5) is 0. The Bertz CT molecular complexity index is 396. The molecule has 0 aliphatic heterocycles. The predicted octanol–water partition coefficient (Wildman–Crippen LogP) is 3.26. The third kappa shape index (κ3) is 4.06. The molecule has 0 aliphatic rings. The molecule has 0 unspecified atom stereocenters. The van der Waals surface area contributed by atoms with Crippen LogP contribution in [0.2, 0.25) is 5.02 Å². The standard InChI is InChI=1S/C12H17ClFNO2/c1-12(2,16-3)4-5-17-11-7-9(14)10(15)6-8(11)13/h6-7H,4-5,15H2,1-3H3. The highest BCUT2D eigenvalue weighted by atomic mass is 35.5. The van der Waals surface area contributed by atoms with Crippen molar-refractivity contribution in [1.29, 1.82) is 0 Å². The first-order valence-electron chi connectivity index (χ1n) is 5.28. The molecular formula is C12H17ClFNO2. The Morgan fingerprint density at radius 1 is 1.41 bits per heavy atom. The fourth-order valence-electron chi connectivity index (χ4n) is 1.16. The van der Waals surface area contributed by atoms with Crippen LogP contribution in [0.1, 0.15) is 20.3 Å². The second-order valence-electron chi connectivity index (χ2n) is 4.37. The van der Waals surface area contributed by atoms with Crippen molar-refractivity contribution in [1.82, 2.24) is 0 Å². The average Bonchev–Trinajstić information content (AvgIpc) is 2.25. The van der Waals surface area contributed by atoms with Crippen LogP contribution in [-0.2, 0) is 4.74 Å². The molecule has 0 aliphatic carbocycles. The minimum atomic E-state index is -0.532. The van der Waals surface area contributed by atoms with Gasteiger partial charge in [-0.15, -0.1) is 0 Å². The third-order valence-corrected chi connectivity index (χ3v) is 2.86. The summed E-state index contributed by atoms with van der Waals surface area (Å²) in [6.45, 7) is 4.28. The van der Waals surface area contributed by atoms with Crippen molar-refractivity contribution in [3.8, 4) is 5.75 Å². The van der Waals surface area contributed by atoms with Crippen molar-refractivity contribution in [2.24, 2.45) is 0 Å².